The van der Waals surface area contributed by atoms with Gasteiger partial charge in [0.25, 0.3) is 0 Å². The molecule has 2 fully saturated rings. The molecule has 0 bridgehead atoms. The average Bonchev–Trinajstić information content (AvgIpc) is 2.96. The molecule has 4 heteroatoms. The largest absolute Gasteiger partial charge is 0.320 e. The fraction of sp³-hybridized carbons (Fsp3) is 0.706. The van der Waals surface area contributed by atoms with Crippen molar-refractivity contribution >= 4 is 17.2 Å². The molecule has 0 spiro atoms. The minimum atomic E-state index is -0.415. The van der Waals surface area contributed by atoms with Crippen LogP contribution in [0.3, 0.4) is 0 Å². The molecule has 1 aromatic heterocycles. The lowest BCUT2D eigenvalue weighted by molar-refractivity contribution is -0.134. The normalized spacial score (nSPS) is 31.2. The highest BCUT2D eigenvalue weighted by atomic mass is 32.1. The Bertz CT molecular complexity index is 521. The molecule has 1 N–H and O–H groups in total. The Hall–Kier alpha value is -0.870. The number of nitrogens with zero attached hydrogens (tertiary/aromatic N) is 1. The second kappa shape index (κ2) is 5.10. The van der Waals surface area contributed by atoms with Crippen LogP contribution in [-0.4, -0.2) is 22.9 Å². The molecule has 1 aromatic rings. The first-order chi connectivity index (χ1) is 9.92. The van der Waals surface area contributed by atoms with E-state index in [0.717, 1.165) is 13.0 Å². The van der Waals surface area contributed by atoms with Gasteiger partial charge in [-0.05, 0) is 49.0 Å². The fourth-order valence-electron chi connectivity index (χ4n) is 3.38. The SMILES string of the molecule is CCC1(C)NC(c2cccs2)N(CC2(C(C)C)CC2)C1=O. The van der Waals surface area contributed by atoms with Crippen LogP contribution in [0.15, 0.2) is 17.5 Å². The van der Waals surface area contributed by atoms with Crippen LogP contribution >= 0.6 is 11.3 Å². The van der Waals surface area contributed by atoms with E-state index < -0.39 is 5.54 Å². The number of rotatable bonds is 5. The standard InChI is InChI=1S/C17H26N2OS/c1-5-16(4)15(20)19(11-17(8-9-17)12(2)3)14(18-16)13-7-6-10-21-13/h6-7,10,12,14,18H,5,8-9,11H2,1-4H3. The van der Waals surface area contributed by atoms with Crippen LogP contribution < -0.4 is 5.32 Å². The maximum atomic E-state index is 13.0. The number of thiophene rings is 1. The Morgan fingerprint density at radius 2 is 2.19 bits per heavy atom. The van der Waals surface area contributed by atoms with Crippen molar-refractivity contribution in [2.45, 2.75) is 58.7 Å². The van der Waals surface area contributed by atoms with Gasteiger partial charge in [-0.1, -0.05) is 26.8 Å². The number of carbonyl (C=O) groups excluding carboxylic acids is 1. The molecular formula is C17H26N2OS. The van der Waals surface area contributed by atoms with Crippen LogP contribution in [0.25, 0.3) is 0 Å². The zero-order valence-corrected chi connectivity index (χ0v) is 14.3. The molecule has 2 heterocycles. The summed E-state index contributed by atoms with van der Waals surface area (Å²) in [6, 6.07) is 4.21. The van der Waals surface area contributed by atoms with Crippen molar-refractivity contribution in [3.05, 3.63) is 22.4 Å². The highest BCUT2D eigenvalue weighted by molar-refractivity contribution is 7.10. The Labute approximate surface area is 131 Å². The summed E-state index contributed by atoms with van der Waals surface area (Å²) in [4.78, 5) is 16.3. The predicted octanol–water partition coefficient (Wildman–Crippen LogP) is 3.78. The van der Waals surface area contributed by atoms with Gasteiger partial charge in [0.1, 0.15) is 6.17 Å². The topological polar surface area (TPSA) is 32.3 Å². The molecule has 1 saturated heterocycles. The summed E-state index contributed by atoms with van der Waals surface area (Å²) < 4.78 is 0. The van der Waals surface area contributed by atoms with E-state index in [1.54, 1.807) is 11.3 Å². The summed E-state index contributed by atoms with van der Waals surface area (Å²) in [5.41, 5.74) is -0.0619. The summed E-state index contributed by atoms with van der Waals surface area (Å²) in [5, 5.41) is 5.69. The monoisotopic (exact) mass is 306 g/mol. The van der Waals surface area contributed by atoms with Crippen molar-refractivity contribution < 1.29 is 4.79 Å². The smallest absolute Gasteiger partial charge is 0.244 e. The van der Waals surface area contributed by atoms with E-state index in [-0.39, 0.29) is 12.1 Å². The molecule has 1 aliphatic carbocycles. The Kier molecular flexibility index (Phi) is 3.65. The summed E-state index contributed by atoms with van der Waals surface area (Å²) in [7, 11) is 0. The molecule has 3 rings (SSSR count). The third-order valence-corrected chi connectivity index (χ3v) is 6.55. The Balaban J connectivity index is 1.89. The van der Waals surface area contributed by atoms with E-state index in [1.165, 1.54) is 17.7 Å². The van der Waals surface area contributed by atoms with Crippen molar-refractivity contribution in [2.75, 3.05) is 6.54 Å². The first kappa shape index (κ1) is 15.0. The second-order valence-corrected chi connectivity index (χ2v) is 8.18. The number of amides is 1. The lowest BCUT2D eigenvalue weighted by atomic mass is 9.91. The Morgan fingerprint density at radius 3 is 2.67 bits per heavy atom. The fourth-order valence-corrected chi connectivity index (χ4v) is 4.17. The molecule has 2 atom stereocenters. The van der Waals surface area contributed by atoms with Crippen LogP contribution in [0.5, 0.6) is 0 Å². The van der Waals surface area contributed by atoms with Crippen molar-refractivity contribution in [1.29, 1.82) is 0 Å². The molecule has 21 heavy (non-hydrogen) atoms. The van der Waals surface area contributed by atoms with E-state index in [0.29, 0.717) is 11.3 Å². The molecule has 116 valence electrons. The molecular weight excluding hydrogens is 280 g/mol. The van der Waals surface area contributed by atoms with Crippen molar-refractivity contribution in [2.24, 2.45) is 11.3 Å². The molecule has 1 saturated carbocycles. The van der Waals surface area contributed by atoms with Crippen LogP contribution in [0.2, 0.25) is 0 Å². The molecule has 1 amide bonds. The number of carbonyl (C=O) groups is 1. The van der Waals surface area contributed by atoms with E-state index in [2.05, 4.69) is 48.5 Å². The van der Waals surface area contributed by atoms with Crippen molar-refractivity contribution in [1.82, 2.24) is 10.2 Å². The van der Waals surface area contributed by atoms with E-state index in [9.17, 15) is 4.79 Å². The first-order valence-electron chi connectivity index (χ1n) is 8.04. The summed E-state index contributed by atoms with van der Waals surface area (Å²) in [6.07, 6.45) is 3.40. The Morgan fingerprint density at radius 1 is 1.48 bits per heavy atom. The molecule has 2 aliphatic rings. The van der Waals surface area contributed by atoms with Crippen molar-refractivity contribution in [3.8, 4) is 0 Å². The van der Waals surface area contributed by atoms with Gasteiger partial charge >= 0.3 is 0 Å². The van der Waals surface area contributed by atoms with Gasteiger partial charge in [-0.2, -0.15) is 0 Å². The second-order valence-electron chi connectivity index (χ2n) is 7.20. The lowest BCUT2D eigenvalue weighted by Gasteiger charge is -2.30. The van der Waals surface area contributed by atoms with Gasteiger partial charge < -0.3 is 4.90 Å². The number of hydrogen-bond donors (Lipinski definition) is 1. The van der Waals surface area contributed by atoms with Gasteiger partial charge in [0, 0.05) is 11.4 Å². The molecule has 1 aliphatic heterocycles. The summed E-state index contributed by atoms with van der Waals surface area (Å²) in [5.74, 6) is 0.915. The van der Waals surface area contributed by atoms with E-state index in [4.69, 9.17) is 0 Å². The zero-order valence-electron chi connectivity index (χ0n) is 13.5. The van der Waals surface area contributed by atoms with E-state index in [1.807, 2.05) is 6.92 Å². The third-order valence-electron chi connectivity index (χ3n) is 5.62. The highest BCUT2D eigenvalue weighted by Crippen LogP contribution is 2.54. The van der Waals surface area contributed by atoms with E-state index >= 15 is 0 Å². The average molecular weight is 306 g/mol. The summed E-state index contributed by atoms with van der Waals surface area (Å²) in [6.45, 7) is 9.62. The number of hydrogen-bond acceptors (Lipinski definition) is 3. The lowest BCUT2D eigenvalue weighted by Crippen LogP contribution is -2.43. The molecule has 2 unspecified atom stereocenters. The van der Waals surface area contributed by atoms with Crippen LogP contribution in [-0.2, 0) is 4.79 Å². The van der Waals surface area contributed by atoms with Gasteiger partial charge in [-0.15, -0.1) is 11.3 Å². The predicted molar refractivity (Wildman–Crippen MR) is 87.1 cm³/mol. The maximum absolute atomic E-state index is 13.0. The van der Waals surface area contributed by atoms with Crippen LogP contribution in [0, 0.1) is 11.3 Å². The molecule has 0 aromatic carbocycles. The summed E-state index contributed by atoms with van der Waals surface area (Å²) >= 11 is 1.74. The molecule has 3 nitrogen and oxygen atoms in total. The van der Waals surface area contributed by atoms with Gasteiger partial charge in [0.05, 0.1) is 5.54 Å². The zero-order chi connectivity index (χ0) is 15.3. The minimum absolute atomic E-state index is 0.0543. The molecule has 0 radical (unpaired) electrons. The van der Waals surface area contributed by atoms with Gasteiger partial charge in [0.15, 0.2) is 0 Å². The third kappa shape index (κ3) is 2.42. The van der Waals surface area contributed by atoms with Crippen molar-refractivity contribution in [3.63, 3.8) is 0 Å². The quantitative estimate of drug-likeness (QED) is 0.898. The van der Waals surface area contributed by atoms with Crippen LogP contribution in [0.1, 0.15) is 58.0 Å². The maximum Gasteiger partial charge on any atom is 0.244 e. The highest BCUT2D eigenvalue weighted by Gasteiger charge is 2.53. The number of nitrogens with one attached hydrogen (secondary N) is 1. The van der Waals surface area contributed by atoms with Gasteiger partial charge in [0.2, 0.25) is 5.91 Å². The van der Waals surface area contributed by atoms with Crippen LogP contribution in [0.4, 0.5) is 0 Å². The van der Waals surface area contributed by atoms with Gasteiger partial charge in [-0.25, -0.2) is 0 Å². The van der Waals surface area contributed by atoms with Gasteiger partial charge in [-0.3, -0.25) is 10.1 Å². The minimum Gasteiger partial charge on any atom is -0.320 e. The first-order valence-corrected chi connectivity index (χ1v) is 8.92.